The summed E-state index contributed by atoms with van der Waals surface area (Å²) in [6.45, 7) is 6.29. The van der Waals surface area contributed by atoms with Crippen LogP contribution in [0.5, 0.6) is 0 Å². The van der Waals surface area contributed by atoms with Crippen molar-refractivity contribution in [3.8, 4) is 11.3 Å². The summed E-state index contributed by atoms with van der Waals surface area (Å²) in [6.07, 6.45) is 1.83. The van der Waals surface area contributed by atoms with E-state index in [1.165, 1.54) is 0 Å². The maximum atomic E-state index is 13.6. The number of nitrogens with one attached hydrogen (secondary N) is 1. The number of pyridine rings is 2. The molecule has 0 unspecified atom stereocenters. The van der Waals surface area contributed by atoms with Gasteiger partial charge < -0.3 is 4.98 Å². The van der Waals surface area contributed by atoms with E-state index < -0.39 is 5.54 Å². The molecule has 0 amide bonds. The molecule has 1 N–H and O–H groups in total. The third-order valence-electron chi connectivity index (χ3n) is 9.15. The van der Waals surface area contributed by atoms with Gasteiger partial charge >= 0.3 is 0 Å². The molecular formula is C43H32N4O. The summed E-state index contributed by atoms with van der Waals surface area (Å²) in [5.74, 6) is 0. The molecule has 5 heteroatoms. The maximum absolute atomic E-state index is 13.6. The second kappa shape index (κ2) is 11.8. The molecule has 3 aromatic heterocycles. The Kier molecular flexibility index (Phi) is 7.15. The Balaban J connectivity index is 1.50. The van der Waals surface area contributed by atoms with E-state index in [1.807, 2.05) is 73.8 Å². The highest BCUT2D eigenvalue weighted by atomic mass is 16.1. The van der Waals surface area contributed by atoms with Gasteiger partial charge in [-0.15, -0.1) is 0 Å². The second-order valence-electron chi connectivity index (χ2n) is 12.1. The molecule has 0 aliphatic carbocycles. The molecule has 8 rings (SSSR count). The topological polar surface area (TPSA) is 63.6 Å². The van der Waals surface area contributed by atoms with E-state index in [-0.39, 0.29) is 5.56 Å². The van der Waals surface area contributed by atoms with Crippen LogP contribution >= 0.6 is 0 Å². The van der Waals surface area contributed by atoms with Gasteiger partial charge in [-0.25, -0.2) is 4.68 Å². The van der Waals surface area contributed by atoms with Gasteiger partial charge in [-0.2, -0.15) is 5.10 Å². The molecule has 0 fully saturated rings. The Morgan fingerprint density at radius 1 is 0.708 bits per heavy atom. The monoisotopic (exact) mass is 620 g/mol. The lowest BCUT2D eigenvalue weighted by molar-refractivity contribution is 0.477. The van der Waals surface area contributed by atoms with E-state index in [1.54, 1.807) is 0 Å². The van der Waals surface area contributed by atoms with Crippen molar-refractivity contribution in [3.05, 3.63) is 208 Å². The number of hydrogen-bond donors (Lipinski definition) is 1. The van der Waals surface area contributed by atoms with Crippen LogP contribution in [0.2, 0.25) is 0 Å². The Bertz CT molecular complexity index is 2390. The molecule has 8 aromatic rings. The lowest BCUT2D eigenvalue weighted by Gasteiger charge is -2.37. The van der Waals surface area contributed by atoms with Crippen LogP contribution in [0.4, 0.5) is 0 Å². The standard InChI is InChI=1S/C43H32N4O/c1-29-25-32(23-24-44-29)41-38-27-33-26-37(30(2)31-15-7-3-8-16-31)42(48)45-39(33)28-40(38)47(46-41)43(34-17-9-4-10-18-34,35-19-11-5-12-20-35)36-21-13-6-14-22-36/h3-28H,2H2,1H3,(H,45,48). The quantitative estimate of drug-likeness (QED) is 0.181. The van der Waals surface area contributed by atoms with Crippen molar-refractivity contribution in [2.75, 3.05) is 0 Å². The van der Waals surface area contributed by atoms with Crippen molar-refractivity contribution in [2.45, 2.75) is 12.5 Å². The zero-order valence-corrected chi connectivity index (χ0v) is 26.5. The Hall–Kier alpha value is -6.33. The normalized spacial score (nSPS) is 11.6. The molecule has 3 heterocycles. The molecule has 5 aromatic carbocycles. The molecule has 230 valence electrons. The van der Waals surface area contributed by atoms with Crippen molar-refractivity contribution in [1.82, 2.24) is 19.7 Å². The number of rotatable bonds is 7. The van der Waals surface area contributed by atoms with Gasteiger partial charge in [-0.1, -0.05) is 128 Å². The van der Waals surface area contributed by atoms with Crippen LogP contribution in [0.15, 0.2) is 169 Å². The summed E-state index contributed by atoms with van der Waals surface area (Å²) in [4.78, 5) is 21.3. The summed E-state index contributed by atoms with van der Waals surface area (Å²) in [5.41, 5.74) is 8.57. The van der Waals surface area contributed by atoms with Gasteiger partial charge in [0.15, 0.2) is 0 Å². The van der Waals surface area contributed by atoms with E-state index in [9.17, 15) is 4.79 Å². The van der Waals surface area contributed by atoms with Gasteiger partial charge in [0.2, 0.25) is 0 Å². The van der Waals surface area contributed by atoms with Crippen molar-refractivity contribution in [3.63, 3.8) is 0 Å². The number of aromatic nitrogens is 4. The fraction of sp³-hybridized carbons (Fsp3) is 0.0465. The zero-order chi connectivity index (χ0) is 32.7. The number of H-pyrrole nitrogens is 1. The lowest BCUT2D eigenvalue weighted by atomic mass is 9.77. The first kappa shape index (κ1) is 29.1. The fourth-order valence-corrected chi connectivity index (χ4v) is 6.90. The highest BCUT2D eigenvalue weighted by molar-refractivity contribution is 6.03. The lowest BCUT2D eigenvalue weighted by Crippen LogP contribution is -2.38. The third-order valence-corrected chi connectivity index (χ3v) is 9.15. The first-order valence-corrected chi connectivity index (χ1v) is 16.0. The number of aryl methyl sites for hydroxylation is 1. The zero-order valence-electron chi connectivity index (χ0n) is 26.5. The van der Waals surface area contributed by atoms with E-state index in [0.717, 1.165) is 61.0 Å². The average molecular weight is 621 g/mol. The fourth-order valence-electron chi connectivity index (χ4n) is 6.90. The predicted octanol–water partition coefficient (Wildman–Crippen LogP) is 9.15. The largest absolute Gasteiger partial charge is 0.321 e. The summed E-state index contributed by atoms with van der Waals surface area (Å²) in [5, 5.41) is 7.39. The van der Waals surface area contributed by atoms with Crippen LogP contribution in [0, 0.1) is 6.92 Å². The van der Waals surface area contributed by atoms with Crippen LogP contribution in [-0.2, 0) is 5.54 Å². The number of nitrogens with zero attached hydrogens (tertiary/aromatic N) is 3. The van der Waals surface area contributed by atoms with Gasteiger partial charge in [0.05, 0.1) is 11.0 Å². The highest BCUT2D eigenvalue weighted by Gasteiger charge is 2.41. The van der Waals surface area contributed by atoms with Gasteiger partial charge in [0.25, 0.3) is 5.56 Å². The Morgan fingerprint density at radius 2 is 1.27 bits per heavy atom. The molecule has 5 nitrogen and oxygen atoms in total. The number of aromatic amines is 1. The van der Waals surface area contributed by atoms with E-state index in [4.69, 9.17) is 5.10 Å². The molecule has 0 aliphatic rings. The molecule has 48 heavy (non-hydrogen) atoms. The maximum Gasteiger partial charge on any atom is 0.256 e. The van der Waals surface area contributed by atoms with Crippen LogP contribution in [0.25, 0.3) is 38.6 Å². The minimum absolute atomic E-state index is 0.188. The van der Waals surface area contributed by atoms with Gasteiger partial charge in [0.1, 0.15) is 11.2 Å². The molecule has 0 saturated carbocycles. The average Bonchev–Trinajstić information content (AvgIpc) is 3.50. The van der Waals surface area contributed by atoms with Crippen LogP contribution in [0.1, 0.15) is 33.5 Å². The Morgan fingerprint density at radius 3 is 1.83 bits per heavy atom. The van der Waals surface area contributed by atoms with Crippen molar-refractivity contribution >= 4 is 27.4 Å². The molecule has 0 aliphatic heterocycles. The van der Waals surface area contributed by atoms with Crippen LogP contribution in [-0.4, -0.2) is 19.7 Å². The molecule has 0 radical (unpaired) electrons. The van der Waals surface area contributed by atoms with Crippen LogP contribution in [0.3, 0.4) is 0 Å². The van der Waals surface area contributed by atoms with Crippen LogP contribution < -0.4 is 5.56 Å². The van der Waals surface area contributed by atoms with E-state index >= 15 is 0 Å². The highest BCUT2D eigenvalue weighted by Crippen LogP contribution is 2.44. The van der Waals surface area contributed by atoms with E-state index in [0.29, 0.717) is 11.1 Å². The molecule has 0 spiro atoms. The molecule has 0 bridgehead atoms. The van der Waals surface area contributed by atoms with Crippen molar-refractivity contribution < 1.29 is 0 Å². The molecule has 0 saturated heterocycles. The second-order valence-corrected chi connectivity index (χ2v) is 12.1. The SMILES string of the molecule is C=C(c1ccccc1)c1cc2cc3c(-c4ccnc(C)c4)nn(C(c4ccccc4)(c4ccccc4)c4ccccc4)c3cc2[nH]c1=O. The van der Waals surface area contributed by atoms with Crippen molar-refractivity contribution in [2.24, 2.45) is 0 Å². The molecule has 0 atom stereocenters. The summed E-state index contributed by atoms with van der Waals surface area (Å²) >= 11 is 0. The van der Waals surface area contributed by atoms with E-state index in [2.05, 4.69) is 112 Å². The number of hydrogen-bond acceptors (Lipinski definition) is 3. The van der Waals surface area contributed by atoms with Crippen molar-refractivity contribution in [1.29, 1.82) is 0 Å². The summed E-state index contributed by atoms with van der Waals surface area (Å²) < 4.78 is 2.14. The first-order valence-electron chi connectivity index (χ1n) is 16.0. The smallest absolute Gasteiger partial charge is 0.256 e. The summed E-state index contributed by atoms with van der Waals surface area (Å²) in [6, 6.07) is 51.5. The Labute approximate surface area is 278 Å². The predicted molar refractivity (Wildman–Crippen MR) is 195 cm³/mol. The number of fused-ring (bicyclic) bond motifs is 2. The summed E-state index contributed by atoms with van der Waals surface area (Å²) in [7, 11) is 0. The minimum atomic E-state index is -0.849. The van der Waals surface area contributed by atoms with Gasteiger partial charge in [-0.05, 0) is 70.5 Å². The van der Waals surface area contributed by atoms with Gasteiger partial charge in [-0.3, -0.25) is 9.78 Å². The van der Waals surface area contributed by atoms with Gasteiger partial charge in [0, 0.05) is 28.4 Å². The minimum Gasteiger partial charge on any atom is -0.321 e. The third kappa shape index (κ3) is 4.76. The number of benzene rings is 5. The molecular weight excluding hydrogens is 589 g/mol. The first-order chi connectivity index (χ1) is 23.5.